The molecule has 0 aromatic heterocycles. The molecule has 141 heavy (non-hydrogen) atoms. The summed E-state index contributed by atoms with van der Waals surface area (Å²) in [5, 5.41) is 20.9. The maximum absolute atomic E-state index is 13.2. The van der Waals surface area contributed by atoms with Gasteiger partial charge in [-0.3, -0.25) is 32.5 Å². The first-order valence-corrected chi connectivity index (χ1v) is 61.1. The molecule has 0 radical (unpaired) electrons. The second kappa shape index (κ2) is 113. The van der Waals surface area contributed by atoms with Gasteiger partial charge in [-0.15, -0.1) is 0 Å². The Balaban J connectivity index is 4.58. The number of carbonyl (C=O) groups is 3. The number of rotatable bonds is 110. The highest BCUT2D eigenvalue weighted by Gasteiger charge is 2.30. The Labute approximate surface area is 865 Å². The molecule has 0 aliphatic carbocycles. The van der Waals surface area contributed by atoms with Crippen LogP contribution in [0, 0.1) is 0 Å². The van der Waals surface area contributed by atoms with E-state index in [0.29, 0.717) is 19.3 Å². The molecule has 0 aliphatic heterocycles. The maximum atomic E-state index is 13.2. The van der Waals surface area contributed by atoms with Crippen molar-refractivity contribution in [1.82, 2.24) is 0 Å². The summed E-state index contributed by atoms with van der Waals surface area (Å²) in [7, 11) is -9.82. The molecule has 0 fully saturated rings. The predicted molar refractivity (Wildman–Crippen MR) is 602 cm³/mol. The van der Waals surface area contributed by atoms with Gasteiger partial charge in [0.05, 0.1) is 26.4 Å². The van der Waals surface area contributed by atoms with Crippen LogP contribution in [-0.2, 0) is 55.8 Å². The summed E-state index contributed by atoms with van der Waals surface area (Å²) in [5.74, 6) is -1.54. The molecule has 812 valence electrons. The van der Waals surface area contributed by atoms with Crippen molar-refractivity contribution in [3.8, 4) is 0 Å². The number of phosphoric ester groups is 2. The molecule has 0 aromatic carbocycles. The second-order valence-electron chi connectivity index (χ2n) is 38.8. The van der Waals surface area contributed by atoms with Gasteiger partial charge in [0, 0.05) is 19.3 Å². The summed E-state index contributed by atoms with van der Waals surface area (Å²) in [4.78, 5) is 59.4. The van der Waals surface area contributed by atoms with E-state index in [1.807, 2.05) is 0 Å². The largest absolute Gasteiger partial charge is 0.472 e. The Morgan fingerprint density at radius 3 is 0.560 bits per heavy atom. The SMILES string of the molecule is CC/C=C\C/C=C\C/C=C\C/C=C\C/C=C\CCCCCCCCCCCCCCCCCCCCCC(=O)OCC(O)COP(=O)(O)OCC(O)COP(=O)(O)OCC(COC(=O)CCCCCCCCCCCCCCCCCCCCC/C=C\C/C=C\C/C=C\C/C=C\C/C=C\CC)OC(=O)CCCCCCCCCCCCCCCCCCCCC/C=C\C/C=C\C/C=C\C/C=C\C/C=C\CC. The number of hydrogen-bond donors (Lipinski definition) is 4. The fourth-order valence-corrected chi connectivity index (χ4v) is 18.1. The van der Waals surface area contributed by atoms with Crippen molar-refractivity contribution in [3.63, 3.8) is 0 Å². The van der Waals surface area contributed by atoms with Crippen molar-refractivity contribution in [3.05, 3.63) is 182 Å². The number of unbranched alkanes of at least 4 members (excludes halogenated alkanes) is 57. The minimum atomic E-state index is -4.95. The molecular weight excluding hydrogens is 1800 g/mol. The standard InChI is InChI=1S/C123H214O16P2/c1-4-7-10-13-16-19-22-25-28-31-34-37-40-43-46-49-52-55-58-61-64-67-70-73-76-79-82-85-88-91-94-97-100-103-106-109-121(126)133-112-118(124)113-135-140(129,130)136-114-119(125)115-137-141(131,132)138-117-120(139-123(128)111-108-105-102-99-96-93-90-87-84-81-78-75-72-69-66-63-60-57-54-51-48-45-42-39-36-33-30-27-24-21-18-15-12-9-6-3)116-134-122(127)110-107-104-101-98-95-92-89-86-83-80-77-74-71-68-65-62-59-56-53-50-47-44-41-38-35-32-29-26-23-20-17-14-11-8-5-2/h7-12,16-21,25-30,34-39,43-48,118-120,124-125H,4-6,13-15,22-24,31-33,40-42,49-117H2,1-3H3,(H,129,130)(H,131,132)/b10-7-,11-8-,12-9-,19-16-,20-17-,21-18-,28-25-,29-26-,30-27-,37-34-,38-35-,39-36-,46-43-,47-44-,48-45-. The highest BCUT2D eigenvalue weighted by atomic mass is 31.2. The van der Waals surface area contributed by atoms with Crippen molar-refractivity contribution in [1.29, 1.82) is 0 Å². The number of aliphatic hydroxyl groups excluding tert-OH is 2. The minimum absolute atomic E-state index is 0.106. The van der Waals surface area contributed by atoms with Gasteiger partial charge < -0.3 is 34.2 Å². The summed E-state index contributed by atoms with van der Waals surface area (Å²) in [6.07, 6.45) is 153. The molecule has 0 bridgehead atoms. The molecule has 0 rings (SSSR count). The monoisotopic (exact) mass is 2010 g/mol. The van der Waals surface area contributed by atoms with E-state index < -0.39 is 91.5 Å². The second-order valence-corrected chi connectivity index (χ2v) is 41.7. The van der Waals surface area contributed by atoms with Crippen LogP contribution in [0.15, 0.2) is 182 Å². The normalized spacial score (nSPS) is 14.2. The Morgan fingerprint density at radius 1 is 0.199 bits per heavy atom. The van der Waals surface area contributed by atoms with Gasteiger partial charge in [0.2, 0.25) is 0 Å². The molecule has 0 aliphatic rings. The van der Waals surface area contributed by atoms with Gasteiger partial charge in [-0.1, -0.05) is 531 Å². The summed E-state index contributed by atoms with van der Waals surface area (Å²) in [6.45, 7) is 2.46. The third-order valence-electron chi connectivity index (χ3n) is 25.1. The fraction of sp³-hybridized carbons (Fsp3) is 0.732. The number of aliphatic hydroxyl groups is 2. The molecular formula is C123H214O16P2. The first-order chi connectivity index (χ1) is 69.2. The van der Waals surface area contributed by atoms with Gasteiger partial charge in [-0.2, -0.15) is 0 Å². The van der Waals surface area contributed by atoms with Crippen LogP contribution in [0.2, 0.25) is 0 Å². The summed E-state index contributed by atoms with van der Waals surface area (Å²) < 4.78 is 61.9. The first-order valence-electron chi connectivity index (χ1n) is 58.1. The molecule has 5 atom stereocenters. The summed E-state index contributed by atoms with van der Waals surface area (Å²) >= 11 is 0. The number of allylic oxidation sites excluding steroid dienone is 30. The molecule has 5 unspecified atom stereocenters. The van der Waals surface area contributed by atoms with Gasteiger partial charge in [-0.05, 0) is 154 Å². The lowest BCUT2D eigenvalue weighted by molar-refractivity contribution is -0.161. The van der Waals surface area contributed by atoms with E-state index in [0.717, 1.165) is 161 Å². The topological polar surface area (TPSA) is 231 Å². The van der Waals surface area contributed by atoms with Gasteiger partial charge in [0.1, 0.15) is 25.4 Å². The molecule has 16 nitrogen and oxygen atoms in total. The number of phosphoric acid groups is 2. The van der Waals surface area contributed by atoms with Crippen molar-refractivity contribution < 1.29 is 75.8 Å². The van der Waals surface area contributed by atoms with Crippen LogP contribution >= 0.6 is 15.6 Å². The lowest BCUT2D eigenvalue weighted by atomic mass is 10.0. The van der Waals surface area contributed by atoms with Crippen LogP contribution in [0.3, 0.4) is 0 Å². The molecule has 0 aromatic rings. The Bertz CT molecular complexity index is 3300. The smallest absolute Gasteiger partial charge is 0.463 e. The van der Waals surface area contributed by atoms with Crippen LogP contribution < -0.4 is 0 Å². The average Bonchev–Trinajstić information content (AvgIpc) is 0.899. The van der Waals surface area contributed by atoms with E-state index in [1.54, 1.807) is 0 Å². The molecule has 0 heterocycles. The van der Waals surface area contributed by atoms with Gasteiger partial charge >= 0.3 is 33.6 Å². The lowest BCUT2D eigenvalue weighted by Crippen LogP contribution is -2.30. The zero-order valence-electron chi connectivity index (χ0n) is 90.5. The highest BCUT2D eigenvalue weighted by molar-refractivity contribution is 7.47. The van der Waals surface area contributed by atoms with Crippen molar-refractivity contribution >= 4 is 33.6 Å². The van der Waals surface area contributed by atoms with Crippen LogP contribution in [0.1, 0.15) is 522 Å². The molecule has 4 N–H and O–H groups in total. The Morgan fingerprint density at radius 2 is 0.355 bits per heavy atom. The quantitative estimate of drug-likeness (QED) is 0.0146. The number of hydrogen-bond acceptors (Lipinski definition) is 14. The fourth-order valence-electron chi connectivity index (χ4n) is 16.5. The van der Waals surface area contributed by atoms with Gasteiger partial charge in [0.15, 0.2) is 6.10 Å². The zero-order valence-corrected chi connectivity index (χ0v) is 92.3. The number of esters is 3. The molecule has 0 saturated carbocycles. The van der Waals surface area contributed by atoms with E-state index >= 15 is 0 Å². The highest BCUT2D eigenvalue weighted by Crippen LogP contribution is 2.45. The van der Waals surface area contributed by atoms with E-state index in [4.69, 9.17) is 32.3 Å². The number of ether oxygens (including phenoxy) is 3. The van der Waals surface area contributed by atoms with Crippen molar-refractivity contribution in [2.45, 2.75) is 540 Å². The molecule has 18 heteroatoms. The lowest BCUT2D eigenvalue weighted by Gasteiger charge is -2.21. The zero-order chi connectivity index (χ0) is 102. The third-order valence-corrected chi connectivity index (χ3v) is 27.0. The minimum Gasteiger partial charge on any atom is -0.463 e. The van der Waals surface area contributed by atoms with Crippen molar-refractivity contribution in [2.24, 2.45) is 0 Å². The van der Waals surface area contributed by atoms with E-state index in [9.17, 15) is 43.5 Å². The molecule has 0 spiro atoms. The van der Waals surface area contributed by atoms with Crippen LogP contribution in [0.25, 0.3) is 0 Å². The third kappa shape index (κ3) is 115. The van der Waals surface area contributed by atoms with Crippen LogP contribution in [0.5, 0.6) is 0 Å². The summed E-state index contributed by atoms with van der Waals surface area (Å²) in [5.41, 5.74) is 0. The Kier molecular flexibility index (Phi) is 109. The average molecular weight is 2010 g/mol. The van der Waals surface area contributed by atoms with Crippen molar-refractivity contribution in [2.75, 3.05) is 39.6 Å². The van der Waals surface area contributed by atoms with Crippen LogP contribution in [-0.4, -0.2) is 95.9 Å². The summed E-state index contributed by atoms with van der Waals surface area (Å²) in [6, 6.07) is 0. The molecule has 0 saturated heterocycles. The Hall–Kier alpha value is -5.35. The predicted octanol–water partition coefficient (Wildman–Crippen LogP) is 37.8. The maximum Gasteiger partial charge on any atom is 0.472 e. The van der Waals surface area contributed by atoms with E-state index in [-0.39, 0.29) is 19.3 Å². The van der Waals surface area contributed by atoms with E-state index in [2.05, 4.69) is 203 Å². The number of carbonyl (C=O) groups excluding carboxylic acids is 3. The van der Waals surface area contributed by atoms with Gasteiger partial charge in [0.25, 0.3) is 0 Å². The van der Waals surface area contributed by atoms with Crippen LogP contribution in [0.4, 0.5) is 0 Å². The first kappa shape index (κ1) is 136. The molecule has 0 amide bonds. The van der Waals surface area contributed by atoms with Gasteiger partial charge in [-0.25, -0.2) is 9.13 Å². The van der Waals surface area contributed by atoms with E-state index in [1.165, 1.54) is 302 Å².